The van der Waals surface area contributed by atoms with Crippen molar-refractivity contribution in [2.24, 2.45) is 0 Å². The van der Waals surface area contributed by atoms with Gasteiger partial charge in [0, 0.05) is 16.5 Å². The predicted molar refractivity (Wildman–Crippen MR) is 112 cm³/mol. The molecule has 1 fully saturated rings. The van der Waals surface area contributed by atoms with E-state index in [4.69, 9.17) is 0 Å². The second kappa shape index (κ2) is 10.2. The number of rotatable bonds is 8. The third-order valence-corrected chi connectivity index (χ3v) is 6.28. The highest BCUT2D eigenvalue weighted by Gasteiger charge is 2.74. The third-order valence-electron chi connectivity index (χ3n) is 5.43. The van der Waals surface area contributed by atoms with E-state index < -0.39 is 65.1 Å². The molecule has 1 aliphatic heterocycles. The zero-order chi connectivity index (χ0) is 26.0. The molecule has 0 radical (unpaired) electrons. The van der Waals surface area contributed by atoms with Crippen LogP contribution in [0.1, 0.15) is 28.9 Å². The molecule has 2 unspecified atom stereocenters. The Morgan fingerprint density at radius 2 is 1.60 bits per heavy atom. The van der Waals surface area contributed by atoms with Crippen molar-refractivity contribution < 1.29 is 49.4 Å². The van der Waals surface area contributed by atoms with Gasteiger partial charge in [0.2, 0.25) is 5.91 Å². The van der Waals surface area contributed by atoms with Crippen LogP contribution in [0, 0.1) is 0 Å². The van der Waals surface area contributed by atoms with Gasteiger partial charge in [-0.3, -0.25) is 9.00 Å². The molecule has 0 spiro atoms. The average Bonchev–Trinajstić information content (AvgIpc) is 2.72. The van der Waals surface area contributed by atoms with Crippen LogP contribution in [0.2, 0.25) is 0 Å². The highest BCUT2D eigenvalue weighted by molar-refractivity contribution is 7.79. The highest BCUT2D eigenvalue weighted by atomic mass is 32.2. The van der Waals surface area contributed by atoms with Crippen LogP contribution in [0.25, 0.3) is 0 Å². The summed E-state index contributed by atoms with van der Waals surface area (Å²) in [6.07, 6.45) is -13.2. The number of carbonyl (C=O) groups is 1. The first kappa shape index (κ1) is 27.1. The maximum absolute atomic E-state index is 13.8. The number of anilines is 1. The molecule has 0 aromatic heterocycles. The summed E-state index contributed by atoms with van der Waals surface area (Å²) in [4.78, 5) is 12.3. The zero-order valence-electron chi connectivity index (χ0n) is 18.1. The summed E-state index contributed by atoms with van der Waals surface area (Å²) in [6.45, 7) is 0.707. The van der Waals surface area contributed by atoms with E-state index in [0.29, 0.717) is 23.3 Å². The van der Waals surface area contributed by atoms with Gasteiger partial charge >= 0.3 is 12.4 Å². The van der Waals surface area contributed by atoms with Gasteiger partial charge in [-0.05, 0) is 41.3 Å². The fourth-order valence-corrected chi connectivity index (χ4v) is 3.80. The summed E-state index contributed by atoms with van der Waals surface area (Å²) in [5, 5.41) is 1.67. The smallest absolute Gasteiger partial charge is 0.430 e. The summed E-state index contributed by atoms with van der Waals surface area (Å²) in [7, 11) is 0. The topological polar surface area (TPSA) is 87.7 Å². The van der Waals surface area contributed by atoms with Crippen LogP contribution < -0.4 is 5.32 Å². The molecular weight excluding hydrogens is 504 g/mol. The molecule has 2 aromatic carbocycles. The van der Waals surface area contributed by atoms with E-state index in [1.165, 1.54) is 6.92 Å². The quantitative estimate of drug-likeness (QED) is 0.405. The number of hydrogen-bond donors (Lipinski definition) is 1. The van der Waals surface area contributed by atoms with Gasteiger partial charge in [-0.2, -0.15) is 26.3 Å². The van der Waals surface area contributed by atoms with Crippen molar-refractivity contribution in [3.8, 4) is 0 Å². The molecule has 6 nitrogen and oxygen atoms in total. The molecule has 2 aromatic rings. The summed E-state index contributed by atoms with van der Waals surface area (Å²) < 4.78 is 114. The molecule has 0 aliphatic carbocycles. The number of hydrogen-bond acceptors (Lipinski definition) is 5. The molecule has 3 rings (SSSR count). The van der Waals surface area contributed by atoms with E-state index in [0.717, 1.165) is 12.1 Å². The second-order valence-electron chi connectivity index (χ2n) is 7.90. The molecule has 1 amide bonds. The van der Waals surface area contributed by atoms with Crippen molar-refractivity contribution in [1.82, 2.24) is 0 Å². The van der Waals surface area contributed by atoms with Crippen LogP contribution >= 0.6 is 0 Å². The van der Waals surface area contributed by atoms with Gasteiger partial charge in [0.05, 0.1) is 19.6 Å². The maximum Gasteiger partial charge on any atom is 0.430 e. The van der Waals surface area contributed by atoms with Crippen molar-refractivity contribution in [2.75, 3.05) is 18.5 Å². The largest absolute Gasteiger partial charge is 0.772 e. The van der Waals surface area contributed by atoms with E-state index in [1.807, 2.05) is 0 Å². The van der Waals surface area contributed by atoms with Gasteiger partial charge in [0.1, 0.15) is 6.10 Å². The van der Waals surface area contributed by atoms with Crippen LogP contribution in [0.15, 0.2) is 48.5 Å². The van der Waals surface area contributed by atoms with Crippen LogP contribution in [-0.2, 0) is 37.4 Å². The monoisotopic (exact) mass is 524 g/mol. The Labute approximate surface area is 198 Å². The molecule has 2 atom stereocenters. The molecule has 0 saturated carbocycles. The Balaban J connectivity index is 1.75. The standard InChI is InChI=1S/C22H21F6NO5S/c1-13(35(31)32)15-4-2-14(3-5-15)10-19(30)29-17-8-6-16(7-9-17)20(21(23,24)25,22(26,27)28)34-18-11-33-12-18/h2-9,13,18H,10-12H2,1H3,(H,29,30)(H,31,32)/p-1. The average molecular weight is 524 g/mol. The summed E-state index contributed by atoms with van der Waals surface area (Å²) in [6, 6.07) is 9.24. The minimum atomic E-state index is -5.81. The van der Waals surface area contributed by atoms with E-state index in [1.54, 1.807) is 24.3 Å². The minimum absolute atomic E-state index is 0.0176. The summed E-state index contributed by atoms with van der Waals surface area (Å²) >= 11 is -2.31. The normalized spacial score (nSPS) is 16.9. The third kappa shape index (κ3) is 5.85. The van der Waals surface area contributed by atoms with Crippen molar-refractivity contribution in [3.63, 3.8) is 0 Å². The van der Waals surface area contributed by atoms with Crippen LogP contribution in [-0.4, -0.2) is 46.3 Å². The van der Waals surface area contributed by atoms with Gasteiger partial charge < -0.3 is 19.3 Å². The van der Waals surface area contributed by atoms with Crippen molar-refractivity contribution in [2.45, 2.75) is 42.7 Å². The fourth-order valence-electron chi connectivity index (χ4n) is 3.42. The lowest BCUT2D eigenvalue weighted by molar-refractivity contribution is -0.409. The first-order valence-corrected chi connectivity index (χ1v) is 11.3. The predicted octanol–water partition coefficient (Wildman–Crippen LogP) is 4.54. The SMILES string of the molecule is CC(c1ccc(CC(=O)Nc2ccc(C(OC3COC3)(C(F)(F)F)C(F)(F)F)cc2)cc1)S(=O)[O-]. The number of alkyl halides is 6. The van der Waals surface area contributed by atoms with Crippen molar-refractivity contribution in [1.29, 1.82) is 0 Å². The van der Waals surface area contributed by atoms with E-state index in [9.17, 15) is 39.9 Å². The zero-order valence-corrected chi connectivity index (χ0v) is 18.9. The molecule has 1 heterocycles. The lowest BCUT2D eigenvalue weighted by Crippen LogP contribution is -2.59. The van der Waals surface area contributed by atoms with Gasteiger partial charge in [-0.25, -0.2) is 0 Å². The number of benzene rings is 2. The number of halogens is 6. The first-order chi connectivity index (χ1) is 16.2. The molecule has 1 saturated heterocycles. The Morgan fingerprint density at radius 3 is 2.03 bits per heavy atom. The second-order valence-corrected chi connectivity index (χ2v) is 9.13. The molecule has 35 heavy (non-hydrogen) atoms. The highest BCUT2D eigenvalue weighted by Crippen LogP contribution is 2.54. The van der Waals surface area contributed by atoms with Crippen LogP contribution in [0.3, 0.4) is 0 Å². The number of carbonyl (C=O) groups excluding carboxylic acids is 1. The number of ether oxygens (including phenoxy) is 2. The molecule has 13 heteroatoms. The Bertz CT molecular complexity index is 1040. The van der Waals surface area contributed by atoms with Gasteiger partial charge in [-0.15, -0.1) is 0 Å². The van der Waals surface area contributed by atoms with Crippen molar-refractivity contribution >= 4 is 22.7 Å². The van der Waals surface area contributed by atoms with Gasteiger partial charge in [-0.1, -0.05) is 36.4 Å². The van der Waals surface area contributed by atoms with E-state index >= 15 is 0 Å². The van der Waals surface area contributed by atoms with Gasteiger partial charge in [0.25, 0.3) is 5.60 Å². The van der Waals surface area contributed by atoms with Crippen LogP contribution in [0.5, 0.6) is 0 Å². The lowest BCUT2D eigenvalue weighted by atomic mass is 9.91. The minimum Gasteiger partial charge on any atom is -0.772 e. The number of amides is 1. The maximum atomic E-state index is 13.8. The molecule has 0 bridgehead atoms. The molecule has 1 aliphatic rings. The molecular formula is C22H20F6NO5S-. The molecule has 192 valence electrons. The Hall–Kier alpha value is -2.48. The molecule has 1 N–H and O–H groups in total. The Kier molecular flexibility index (Phi) is 7.94. The first-order valence-electron chi connectivity index (χ1n) is 10.2. The van der Waals surface area contributed by atoms with Gasteiger partial charge in [0.15, 0.2) is 0 Å². The van der Waals surface area contributed by atoms with Crippen molar-refractivity contribution in [3.05, 3.63) is 65.2 Å². The van der Waals surface area contributed by atoms with Crippen LogP contribution in [0.4, 0.5) is 32.0 Å². The fraction of sp³-hybridized carbons (Fsp3) is 0.409. The Morgan fingerprint density at radius 1 is 1.06 bits per heavy atom. The van der Waals surface area contributed by atoms with E-state index in [-0.39, 0.29) is 12.1 Å². The summed E-state index contributed by atoms with van der Waals surface area (Å²) in [5.41, 5.74) is -4.70. The van der Waals surface area contributed by atoms with E-state index in [2.05, 4.69) is 14.8 Å². The summed E-state index contributed by atoms with van der Waals surface area (Å²) in [5.74, 6) is -0.577. The number of nitrogens with one attached hydrogen (secondary N) is 1. The lowest BCUT2D eigenvalue weighted by Gasteiger charge is -2.42.